The van der Waals surface area contributed by atoms with Gasteiger partial charge in [-0.1, -0.05) is 12.1 Å². The van der Waals surface area contributed by atoms with Crippen LogP contribution in [0.25, 0.3) is 33.7 Å². The topological polar surface area (TPSA) is 91.7 Å². The molecule has 3 aromatic heterocycles. The Bertz CT molecular complexity index is 1020. The summed E-state index contributed by atoms with van der Waals surface area (Å²) in [7, 11) is 0. The van der Waals surface area contributed by atoms with Gasteiger partial charge in [0, 0.05) is 29.6 Å². The Balaban J connectivity index is 0.00000192. The highest BCUT2D eigenvalue weighted by molar-refractivity contribution is 5.85. The summed E-state index contributed by atoms with van der Waals surface area (Å²) in [4.78, 5) is 9.38. The molecule has 1 aromatic carbocycles. The molecule has 1 aliphatic rings. The average Bonchev–Trinajstić information content (AvgIpc) is 3.39. The Morgan fingerprint density at radius 2 is 1.93 bits per heavy atom. The van der Waals surface area contributed by atoms with E-state index in [9.17, 15) is 0 Å². The molecule has 0 bridgehead atoms. The van der Waals surface area contributed by atoms with E-state index < -0.39 is 0 Å². The second kappa shape index (κ2) is 8.00. The van der Waals surface area contributed by atoms with Crippen LogP contribution in [0, 0.1) is 0 Å². The minimum absolute atomic E-state index is 0. The molecule has 28 heavy (non-hydrogen) atoms. The summed E-state index contributed by atoms with van der Waals surface area (Å²) in [5, 5.41) is 13.9. The molecule has 1 aliphatic heterocycles. The number of pyridine rings is 1. The lowest BCUT2D eigenvalue weighted by molar-refractivity contribution is 0.478. The Morgan fingerprint density at radius 1 is 1.07 bits per heavy atom. The van der Waals surface area contributed by atoms with Gasteiger partial charge in [0.05, 0.1) is 11.8 Å². The Morgan fingerprint density at radius 3 is 2.71 bits per heavy atom. The third-order valence-corrected chi connectivity index (χ3v) is 4.92. The number of hydrogen-bond acceptors (Lipinski definition) is 6. The maximum absolute atomic E-state index is 6.03. The summed E-state index contributed by atoms with van der Waals surface area (Å²) < 4.78 is 6.03. The summed E-state index contributed by atoms with van der Waals surface area (Å²) >= 11 is 0. The number of hydrogen-bond donors (Lipinski definition) is 3. The molecule has 1 saturated heterocycles. The smallest absolute Gasteiger partial charge is 0.231 e. The molecule has 3 N–H and O–H groups in total. The third kappa shape index (κ3) is 3.58. The van der Waals surface area contributed by atoms with Gasteiger partial charge in [0.25, 0.3) is 0 Å². The van der Waals surface area contributed by atoms with Crippen LogP contribution in [0.2, 0.25) is 0 Å². The van der Waals surface area contributed by atoms with Crippen molar-refractivity contribution in [1.82, 2.24) is 25.5 Å². The van der Waals surface area contributed by atoms with Gasteiger partial charge in [-0.25, -0.2) is 9.97 Å². The summed E-state index contributed by atoms with van der Waals surface area (Å²) in [5.74, 6) is 1.38. The monoisotopic (exact) mass is 396 g/mol. The summed E-state index contributed by atoms with van der Waals surface area (Å²) in [6.45, 7) is 2.03. The zero-order valence-corrected chi connectivity index (χ0v) is 16.0. The van der Waals surface area contributed by atoms with Crippen molar-refractivity contribution in [2.75, 3.05) is 18.4 Å². The van der Waals surface area contributed by atoms with Crippen LogP contribution in [0.4, 0.5) is 5.82 Å². The highest BCUT2D eigenvalue weighted by Crippen LogP contribution is 2.33. The molecule has 0 atom stereocenters. The van der Waals surface area contributed by atoms with E-state index in [1.54, 1.807) is 6.20 Å². The van der Waals surface area contributed by atoms with Crippen LogP contribution in [0.5, 0.6) is 0 Å². The van der Waals surface area contributed by atoms with Gasteiger partial charge in [0.15, 0.2) is 5.58 Å². The molecular formula is C20H21ClN6O. The molecule has 0 spiro atoms. The van der Waals surface area contributed by atoms with E-state index in [0.29, 0.717) is 11.9 Å². The first-order chi connectivity index (χ1) is 13.4. The first-order valence-corrected chi connectivity index (χ1v) is 9.19. The first kappa shape index (κ1) is 18.5. The number of aromatic nitrogens is 4. The van der Waals surface area contributed by atoms with Crippen molar-refractivity contribution in [3.63, 3.8) is 0 Å². The molecule has 8 heteroatoms. The molecule has 0 amide bonds. The van der Waals surface area contributed by atoms with Crippen molar-refractivity contribution in [1.29, 1.82) is 0 Å². The number of H-pyrrole nitrogens is 1. The summed E-state index contributed by atoms with van der Waals surface area (Å²) in [6, 6.07) is 10.2. The molecule has 0 radical (unpaired) electrons. The number of nitrogens with zero attached hydrogens (tertiary/aromatic N) is 3. The fourth-order valence-electron chi connectivity index (χ4n) is 3.46. The summed E-state index contributed by atoms with van der Waals surface area (Å²) in [5.41, 5.74) is 4.43. The second-order valence-corrected chi connectivity index (χ2v) is 6.76. The van der Waals surface area contributed by atoms with Crippen LogP contribution in [-0.2, 0) is 0 Å². The van der Waals surface area contributed by atoms with Crippen molar-refractivity contribution in [3.8, 4) is 22.6 Å². The number of nitrogens with one attached hydrogen (secondary N) is 3. The van der Waals surface area contributed by atoms with Crippen LogP contribution in [0.3, 0.4) is 0 Å². The van der Waals surface area contributed by atoms with E-state index >= 15 is 0 Å². The normalized spacial score (nSPS) is 14.7. The number of aromatic amines is 1. The van der Waals surface area contributed by atoms with Crippen molar-refractivity contribution >= 4 is 29.3 Å². The molecule has 0 saturated carbocycles. The van der Waals surface area contributed by atoms with Crippen molar-refractivity contribution in [2.24, 2.45) is 0 Å². The predicted molar refractivity (Wildman–Crippen MR) is 112 cm³/mol. The van der Waals surface area contributed by atoms with Gasteiger partial charge in [-0.05, 0) is 44.1 Å². The third-order valence-electron chi connectivity index (χ3n) is 4.92. The summed E-state index contributed by atoms with van der Waals surface area (Å²) in [6.07, 6.45) is 7.64. The number of piperidine rings is 1. The molecule has 1 fully saturated rings. The number of para-hydroxylation sites is 2. The zero-order valence-electron chi connectivity index (χ0n) is 15.2. The van der Waals surface area contributed by atoms with Gasteiger partial charge >= 0.3 is 0 Å². The molecule has 0 aliphatic carbocycles. The van der Waals surface area contributed by atoms with E-state index in [0.717, 1.165) is 59.5 Å². The standard InChI is InChI=1S/C20H20N6O.ClH/c1-2-4-18-17(3-1)26-20(27-18)16-9-13(14-11-23-24-12-14)10-22-19(16)25-15-5-7-21-8-6-15;/h1-4,9-12,15,21H,5-8H2,(H,22,25)(H,23,24);1H. The molecule has 4 heterocycles. The van der Waals surface area contributed by atoms with E-state index in [2.05, 4.69) is 31.9 Å². The fourth-order valence-corrected chi connectivity index (χ4v) is 3.46. The van der Waals surface area contributed by atoms with Gasteiger partial charge in [-0.3, -0.25) is 5.10 Å². The predicted octanol–water partition coefficient (Wildman–Crippen LogP) is 3.87. The number of anilines is 1. The molecule has 5 rings (SSSR count). The van der Waals surface area contributed by atoms with Gasteiger partial charge < -0.3 is 15.1 Å². The number of benzene rings is 1. The van der Waals surface area contributed by atoms with Crippen LogP contribution >= 0.6 is 12.4 Å². The maximum Gasteiger partial charge on any atom is 0.231 e. The number of rotatable bonds is 4. The van der Waals surface area contributed by atoms with Crippen LogP contribution in [-0.4, -0.2) is 39.3 Å². The lowest BCUT2D eigenvalue weighted by Gasteiger charge is -2.25. The highest BCUT2D eigenvalue weighted by Gasteiger charge is 2.19. The minimum atomic E-state index is 0. The van der Waals surface area contributed by atoms with E-state index in [1.807, 2.05) is 36.7 Å². The molecule has 4 aromatic rings. The van der Waals surface area contributed by atoms with E-state index in [4.69, 9.17) is 9.40 Å². The highest BCUT2D eigenvalue weighted by atomic mass is 35.5. The molecule has 0 unspecified atom stereocenters. The SMILES string of the molecule is Cl.c1ccc2oc(-c3cc(-c4cn[nH]c4)cnc3NC3CCNCC3)nc2c1. The Labute approximate surface area is 168 Å². The largest absolute Gasteiger partial charge is 0.436 e. The van der Waals surface area contributed by atoms with Gasteiger partial charge in [-0.2, -0.15) is 5.10 Å². The number of oxazole rings is 1. The fraction of sp³-hybridized carbons (Fsp3) is 0.250. The maximum atomic E-state index is 6.03. The zero-order chi connectivity index (χ0) is 18.1. The first-order valence-electron chi connectivity index (χ1n) is 9.19. The van der Waals surface area contributed by atoms with Crippen molar-refractivity contribution in [3.05, 3.63) is 48.9 Å². The lowest BCUT2D eigenvalue weighted by Crippen LogP contribution is -2.35. The lowest BCUT2D eigenvalue weighted by atomic mass is 10.1. The minimum Gasteiger partial charge on any atom is -0.436 e. The average molecular weight is 397 g/mol. The van der Waals surface area contributed by atoms with Crippen LogP contribution < -0.4 is 10.6 Å². The second-order valence-electron chi connectivity index (χ2n) is 6.76. The quantitative estimate of drug-likeness (QED) is 0.485. The molecule has 144 valence electrons. The number of fused-ring (bicyclic) bond motifs is 1. The Hall–Kier alpha value is -2.90. The van der Waals surface area contributed by atoms with Crippen LogP contribution in [0.1, 0.15) is 12.8 Å². The Kier molecular flexibility index (Phi) is 5.27. The van der Waals surface area contributed by atoms with E-state index in [-0.39, 0.29) is 12.4 Å². The van der Waals surface area contributed by atoms with Crippen molar-refractivity contribution < 1.29 is 4.42 Å². The number of halogens is 1. The van der Waals surface area contributed by atoms with Gasteiger partial charge in [0.1, 0.15) is 11.3 Å². The van der Waals surface area contributed by atoms with Gasteiger partial charge in [-0.15, -0.1) is 12.4 Å². The molecular weight excluding hydrogens is 376 g/mol. The van der Waals surface area contributed by atoms with Crippen LogP contribution in [0.15, 0.2) is 53.3 Å². The van der Waals surface area contributed by atoms with E-state index in [1.165, 1.54) is 0 Å². The van der Waals surface area contributed by atoms with Crippen molar-refractivity contribution in [2.45, 2.75) is 18.9 Å². The molecule has 7 nitrogen and oxygen atoms in total. The van der Waals surface area contributed by atoms with Gasteiger partial charge in [0.2, 0.25) is 5.89 Å².